The summed E-state index contributed by atoms with van der Waals surface area (Å²) in [6.07, 6.45) is 7.68. The Balaban J connectivity index is 1.22. The molecule has 2 heterocycles. The Morgan fingerprint density at radius 2 is 2.00 bits per heavy atom. The van der Waals surface area contributed by atoms with E-state index in [9.17, 15) is 4.79 Å². The summed E-state index contributed by atoms with van der Waals surface area (Å²) >= 11 is 0. The monoisotopic (exact) mass is 385 g/mol. The first-order chi connectivity index (χ1) is 13.8. The largest absolute Gasteiger partial charge is 0.381 e. The fraction of sp³-hybridized carbons (Fsp3) is 0.565. The van der Waals surface area contributed by atoms with E-state index < -0.39 is 0 Å². The molecule has 0 N–H and O–H groups in total. The van der Waals surface area contributed by atoms with Gasteiger partial charge in [-0.3, -0.25) is 4.79 Å². The van der Waals surface area contributed by atoms with Crippen LogP contribution in [0.3, 0.4) is 0 Å². The predicted molar refractivity (Wildman–Crippen MR) is 107 cm³/mol. The van der Waals surface area contributed by atoms with Gasteiger partial charge in [0, 0.05) is 38.7 Å². The first-order valence-corrected chi connectivity index (χ1v) is 10.5. The number of aryl methyl sites for hydroxylation is 1. The minimum atomic E-state index is 0.0810. The summed E-state index contributed by atoms with van der Waals surface area (Å²) in [6, 6.07) is 12.1. The Morgan fingerprint density at radius 1 is 1.14 bits per heavy atom. The fourth-order valence-corrected chi connectivity index (χ4v) is 3.46. The molecular formula is C23H31NO4. The third-order valence-corrected chi connectivity index (χ3v) is 5.22. The highest BCUT2D eigenvalue weighted by Crippen LogP contribution is 2.20. The van der Waals surface area contributed by atoms with Crippen molar-refractivity contribution in [3.8, 4) is 0 Å². The van der Waals surface area contributed by atoms with E-state index in [-0.39, 0.29) is 5.78 Å². The van der Waals surface area contributed by atoms with E-state index in [0.717, 1.165) is 70.5 Å². The van der Waals surface area contributed by atoms with Crippen molar-refractivity contribution in [2.75, 3.05) is 19.8 Å². The van der Waals surface area contributed by atoms with Crippen LogP contribution in [0.15, 0.2) is 40.9 Å². The highest BCUT2D eigenvalue weighted by molar-refractivity contribution is 5.94. The van der Waals surface area contributed by atoms with Gasteiger partial charge < -0.3 is 14.0 Å². The SMILES string of the molecule is O=C(CCC1CCOC1)c1cc(CCCCCCOCc2ccccc2)on1. The number of hydrogen-bond donors (Lipinski definition) is 0. The standard InChI is InChI=1S/C23H31NO4/c25-23(12-11-20-13-15-27-18-20)22-16-21(28-24-22)10-6-1-2-7-14-26-17-19-8-4-3-5-9-19/h3-5,8-9,16,20H,1-2,6-7,10-15,17-18H2. The molecule has 2 aromatic rings. The lowest BCUT2D eigenvalue weighted by Crippen LogP contribution is -2.05. The van der Waals surface area contributed by atoms with Gasteiger partial charge in [-0.15, -0.1) is 0 Å². The van der Waals surface area contributed by atoms with Crippen molar-refractivity contribution in [3.63, 3.8) is 0 Å². The summed E-state index contributed by atoms with van der Waals surface area (Å²) in [4.78, 5) is 12.2. The third kappa shape index (κ3) is 7.21. The van der Waals surface area contributed by atoms with Gasteiger partial charge in [-0.05, 0) is 37.2 Å². The molecule has 0 radical (unpaired) electrons. The summed E-state index contributed by atoms with van der Waals surface area (Å²) in [5, 5.41) is 3.95. The molecule has 1 aromatic heterocycles. The van der Waals surface area contributed by atoms with Gasteiger partial charge in [0.25, 0.3) is 0 Å². The maximum Gasteiger partial charge on any atom is 0.184 e. The second-order valence-electron chi connectivity index (χ2n) is 7.57. The normalized spacial score (nSPS) is 16.5. The van der Waals surface area contributed by atoms with Gasteiger partial charge in [0.1, 0.15) is 11.5 Å². The molecule has 0 saturated carbocycles. The fourth-order valence-electron chi connectivity index (χ4n) is 3.46. The molecule has 152 valence electrons. The molecule has 28 heavy (non-hydrogen) atoms. The molecule has 1 aliphatic rings. The number of carbonyl (C=O) groups excluding carboxylic acids is 1. The Kier molecular flexibility index (Phi) is 8.72. The van der Waals surface area contributed by atoms with Gasteiger partial charge in [-0.1, -0.05) is 48.3 Å². The van der Waals surface area contributed by atoms with E-state index in [0.29, 0.717) is 24.6 Å². The second-order valence-corrected chi connectivity index (χ2v) is 7.57. The highest BCUT2D eigenvalue weighted by Gasteiger charge is 2.19. The Labute approximate surface area is 167 Å². The number of benzene rings is 1. The van der Waals surface area contributed by atoms with E-state index in [1.54, 1.807) is 0 Å². The number of ketones is 1. The van der Waals surface area contributed by atoms with Crippen molar-refractivity contribution < 1.29 is 18.8 Å². The molecule has 1 fully saturated rings. The van der Waals surface area contributed by atoms with Crippen LogP contribution >= 0.6 is 0 Å². The third-order valence-electron chi connectivity index (χ3n) is 5.22. The van der Waals surface area contributed by atoms with Crippen molar-refractivity contribution in [2.45, 2.75) is 58.0 Å². The lowest BCUT2D eigenvalue weighted by Gasteiger charge is -2.04. The number of hydrogen-bond acceptors (Lipinski definition) is 5. The van der Waals surface area contributed by atoms with E-state index in [1.165, 1.54) is 5.56 Å². The van der Waals surface area contributed by atoms with Gasteiger partial charge >= 0.3 is 0 Å². The highest BCUT2D eigenvalue weighted by atomic mass is 16.5. The topological polar surface area (TPSA) is 61.6 Å². The number of rotatable bonds is 13. The van der Waals surface area contributed by atoms with Crippen molar-refractivity contribution in [1.82, 2.24) is 5.16 Å². The van der Waals surface area contributed by atoms with Crippen LogP contribution in [-0.2, 0) is 22.5 Å². The van der Waals surface area contributed by atoms with Crippen LogP contribution in [0.5, 0.6) is 0 Å². The maximum atomic E-state index is 12.2. The van der Waals surface area contributed by atoms with Crippen LogP contribution in [0.25, 0.3) is 0 Å². The molecule has 1 unspecified atom stereocenters. The van der Waals surface area contributed by atoms with Crippen LogP contribution in [0.4, 0.5) is 0 Å². The molecule has 0 amide bonds. The van der Waals surface area contributed by atoms with Gasteiger partial charge in [0.15, 0.2) is 5.78 Å². The zero-order chi connectivity index (χ0) is 19.4. The molecule has 1 aliphatic heterocycles. The molecule has 1 atom stereocenters. The second kappa shape index (κ2) is 11.8. The maximum absolute atomic E-state index is 12.2. The van der Waals surface area contributed by atoms with E-state index in [1.807, 2.05) is 24.3 Å². The van der Waals surface area contributed by atoms with Crippen LogP contribution in [0.1, 0.15) is 66.8 Å². The van der Waals surface area contributed by atoms with Crippen molar-refractivity contribution >= 4 is 5.78 Å². The Morgan fingerprint density at radius 3 is 2.82 bits per heavy atom. The van der Waals surface area contributed by atoms with E-state index in [2.05, 4.69) is 17.3 Å². The molecule has 0 bridgehead atoms. The quantitative estimate of drug-likeness (QED) is 0.359. The molecule has 3 rings (SSSR count). The number of aromatic nitrogens is 1. The summed E-state index contributed by atoms with van der Waals surface area (Å²) in [5.74, 6) is 1.41. The first-order valence-electron chi connectivity index (χ1n) is 10.5. The average molecular weight is 386 g/mol. The van der Waals surface area contributed by atoms with Crippen molar-refractivity contribution in [1.29, 1.82) is 0 Å². The van der Waals surface area contributed by atoms with Crippen LogP contribution in [0, 0.1) is 5.92 Å². The van der Waals surface area contributed by atoms with E-state index in [4.69, 9.17) is 14.0 Å². The van der Waals surface area contributed by atoms with Crippen molar-refractivity contribution in [2.24, 2.45) is 5.92 Å². The number of unbranched alkanes of at least 4 members (excludes halogenated alkanes) is 3. The van der Waals surface area contributed by atoms with Gasteiger partial charge in [-0.25, -0.2) is 0 Å². The molecular weight excluding hydrogens is 354 g/mol. The van der Waals surface area contributed by atoms with Gasteiger partial charge in [-0.2, -0.15) is 0 Å². The summed E-state index contributed by atoms with van der Waals surface area (Å²) in [5.41, 5.74) is 1.69. The Bertz CT molecular complexity index is 692. The zero-order valence-electron chi connectivity index (χ0n) is 16.6. The van der Waals surface area contributed by atoms with Crippen LogP contribution in [0.2, 0.25) is 0 Å². The number of ether oxygens (including phenoxy) is 2. The molecule has 1 saturated heterocycles. The van der Waals surface area contributed by atoms with Crippen molar-refractivity contribution in [3.05, 3.63) is 53.4 Å². The molecule has 5 heteroatoms. The first kappa shape index (κ1) is 20.7. The summed E-state index contributed by atoms with van der Waals surface area (Å²) in [7, 11) is 0. The lowest BCUT2D eigenvalue weighted by atomic mass is 10.00. The summed E-state index contributed by atoms with van der Waals surface area (Å²) in [6.45, 7) is 3.09. The minimum absolute atomic E-state index is 0.0810. The zero-order valence-corrected chi connectivity index (χ0v) is 16.6. The molecule has 1 aromatic carbocycles. The van der Waals surface area contributed by atoms with Crippen LogP contribution < -0.4 is 0 Å². The van der Waals surface area contributed by atoms with Gasteiger partial charge in [0.05, 0.1) is 6.61 Å². The van der Waals surface area contributed by atoms with Gasteiger partial charge in [0.2, 0.25) is 0 Å². The Hall–Kier alpha value is -1.98. The lowest BCUT2D eigenvalue weighted by molar-refractivity contribution is 0.0962. The average Bonchev–Trinajstić information content (AvgIpc) is 3.41. The minimum Gasteiger partial charge on any atom is -0.381 e. The van der Waals surface area contributed by atoms with Crippen LogP contribution in [-0.4, -0.2) is 30.8 Å². The molecule has 5 nitrogen and oxygen atoms in total. The smallest absolute Gasteiger partial charge is 0.184 e. The predicted octanol–water partition coefficient (Wildman–Crippen LogP) is 4.99. The summed E-state index contributed by atoms with van der Waals surface area (Å²) < 4.78 is 16.4. The number of Topliss-reactive ketones (excluding diaryl/α,β-unsaturated/α-hetero) is 1. The molecule has 0 spiro atoms. The number of carbonyl (C=O) groups is 1. The van der Waals surface area contributed by atoms with E-state index >= 15 is 0 Å². The number of nitrogens with zero attached hydrogens (tertiary/aromatic N) is 1. The molecule has 0 aliphatic carbocycles.